The minimum atomic E-state index is -0.114. The molecule has 7 heteroatoms. The standard InChI is InChI=1S/C15H23N5O2/c1-11-13(18-10-17-11)14(22)20-8-7-19(2)15(9-20)4-3-12(21)16-6-5-15/h10H,3-9H2,1-2H3,(H,16,21)(H,17,18)/t15-/m0/s1. The van der Waals surface area contributed by atoms with Crippen molar-refractivity contribution in [1.29, 1.82) is 0 Å². The number of imidazole rings is 1. The molecule has 2 saturated heterocycles. The van der Waals surface area contributed by atoms with E-state index in [2.05, 4.69) is 27.2 Å². The smallest absolute Gasteiger partial charge is 0.274 e. The van der Waals surface area contributed by atoms with Crippen molar-refractivity contribution in [3.05, 3.63) is 17.7 Å². The molecule has 2 amide bonds. The minimum absolute atomic E-state index is 0.0187. The molecule has 120 valence electrons. The molecular weight excluding hydrogens is 282 g/mol. The van der Waals surface area contributed by atoms with Gasteiger partial charge in [0.15, 0.2) is 0 Å². The van der Waals surface area contributed by atoms with Gasteiger partial charge in [-0.05, 0) is 26.8 Å². The molecule has 0 aromatic carbocycles. The van der Waals surface area contributed by atoms with E-state index in [1.807, 2.05) is 11.8 Å². The van der Waals surface area contributed by atoms with Crippen molar-refractivity contribution in [2.24, 2.45) is 0 Å². The molecule has 0 radical (unpaired) electrons. The highest BCUT2D eigenvalue weighted by molar-refractivity contribution is 5.93. The second-order valence-electron chi connectivity index (χ2n) is 6.35. The highest BCUT2D eigenvalue weighted by Crippen LogP contribution is 2.31. The van der Waals surface area contributed by atoms with Crippen LogP contribution in [0.2, 0.25) is 0 Å². The summed E-state index contributed by atoms with van der Waals surface area (Å²) in [4.78, 5) is 35.7. The summed E-state index contributed by atoms with van der Waals surface area (Å²) in [5.41, 5.74) is 1.19. The Labute approximate surface area is 130 Å². The van der Waals surface area contributed by atoms with Crippen LogP contribution in [0.4, 0.5) is 0 Å². The third-order valence-corrected chi connectivity index (χ3v) is 5.05. The number of hydrogen-bond acceptors (Lipinski definition) is 4. The fourth-order valence-electron chi connectivity index (χ4n) is 3.49. The first-order chi connectivity index (χ1) is 10.5. The van der Waals surface area contributed by atoms with Crippen molar-refractivity contribution >= 4 is 11.8 Å². The molecule has 2 N–H and O–H groups in total. The SMILES string of the molecule is Cc1[nH]cnc1C(=O)N1CCN(C)[C@@]2(CCNC(=O)CC2)C1. The van der Waals surface area contributed by atoms with Gasteiger partial charge in [0, 0.05) is 43.8 Å². The Morgan fingerprint density at radius 3 is 2.91 bits per heavy atom. The summed E-state index contributed by atoms with van der Waals surface area (Å²) in [6.45, 7) is 4.71. The van der Waals surface area contributed by atoms with Crippen molar-refractivity contribution in [1.82, 2.24) is 25.1 Å². The van der Waals surface area contributed by atoms with E-state index in [1.54, 1.807) is 6.33 Å². The summed E-state index contributed by atoms with van der Waals surface area (Å²) >= 11 is 0. The van der Waals surface area contributed by atoms with E-state index in [4.69, 9.17) is 0 Å². The number of rotatable bonds is 1. The lowest BCUT2D eigenvalue weighted by atomic mass is 9.86. The lowest BCUT2D eigenvalue weighted by Gasteiger charge is -2.49. The van der Waals surface area contributed by atoms with Gasteiger partial charge in [0.25, 0.3) is 5.91 Å². The normalized spacial score (nSPS) is 26.8. The second-order valence-corrected chi connectivity index (χ2v) is 6.35. The highest BCUT2D eigenvalue weighted by atomic mass is 16.2. The van der Waals surface area contributed by atoms with E-state index in [-0.39, 0.29) is 17.4 Å². The number of aromatic nitrogens is 2. The third kappa shape index (κ3) is 2.61. The molecule has 7 nitrogen and oxygen atoms in total. The van der Waals surface area contributed by atoms with Crippen LogP contribution in [0.1, 0.15) is 35.4 Å². The molecule has 0 bridgehead atoms. The zero-order valence-corrected chi connectivity index (χ0v) is 13.2. The third-order valence-electron chi connectivity index (χ3n) is 5.05. The number of piperazine rings is 1. The molecule has 3 rings (SSSR count). The number of likely N-dealkylation sites (N-methyl/N-ethyl adjacent to an activating group) is 1. The van der Waals surface area contributed by atoms with Gasteiger partial charge in [-0.15, -0.1) is 0 Å². The van der Waals surface area contributed by atoms with Crippen LogP contribution in [0.15, 0.2) is 6.33 Å². The Bertz CT molecular complexity index is 584. The lowest BCUT2D eigenvalue weighted by molar-refractivity contribution is -0.121. The van der Waals surface area contributed by atoms with Crippen molar-refractivity contribution in [3.63, 3.8) is 0 Å². The van der Waals surface area contributed by atoms with Gasteiger partial charge in [-0.1, -0.05) is 0 Å². The molecular formula is C15H23N5O2. The number of carbonyl (C=O) groups excluding carboxylic acids is 2. The first-order valence-corrected chi connectivity index (χ1v) is 7.79. The summed E-state index contributed by atoms with van der Waals surface area (Å²) in [6, 6.07) is 0. The Morgan fingerprint density at radius 2 is 2.18 bits per heavy atom. The maximum Gasteiger partial charge on any atom is 0.274 e. The fraction of sp³-hybridized carbons (Fsp3) is 0.667. The number of amides is 2. The summed E-state index contributed by atoms with van der Waals surface area (Å²) in [5.74, 6) is 0.0895. The monoisotopic (exact) mass is 305 g/mol. The Balaban J connectivity index is 1.80. The predicted molar refractivity (Wildman–Crippen MR) is 81.4 cm³/mol. The number of nitrogens with one attached hydrogen (secondary N) is 2. The highest BCUT2D eigenvalue weighted by Gasteiger charge is 2.42. The van der Waals surface area contributed by atoms with E-state index in [9.17, 15) is 9.59 Å². The number of carbonyl (C=O) groups is 2. The van der Waals surface area contributed by atoms with E-state index in [0.29, 0.717) is 31.7 Å². The summed E-state index contributed by atoms with van der Waals surface area (Å²) in [6.07, 6.45) is 3.74. The fourth-order valence-corrected chi connectivity index (χ4v) is 3.49. The first kappa shape index (κ1) is 15.0. The van der Waals surface area contributed by atoms with Crippen LogP contribution >= 0.6 is 0 Å². The zero-order valence-electron chi connectivity index (χ0n) is 13.2. The van der Waals surface area contributed by atoms with Crippen molar-refractivity contribution in [2.45, 2.75) is 31.7 Å². The van der Waals surface area contributed by atoms with Crippen molar-refractivity contribution in [2.75, 3.05) is 33.2 Å². The molecule has 3 heterocycles. The molecule has 0 aliphatic carbocycles. The van der Waals surface area contributed by atoms with E-state index in [1.165, 1.54) is 0 Å². The summed E-state index contributed by atoms with van der Waals surface area (Å²) in [7, 11) is 2.09. The van der Waals surface area contributed by atoms with Crippen LogP contribution in [-0.2, 0) is 4.79 Å². The zero-order chi connectivity index (χ0) is 15.7. The molecule has 0 unspecified atom stereocenters. The molecule has 2 fully saturated rings. The largest absolute Gasteiger partial charge is 0.356 e. The molecule has 2 aliphatic heterocycles. The van der Waals surface area contributed by atoms with E-state index in [0.717, 1.165) is 25.1 Å². The van der Waals surface area contributed by atoms with Gasteiger partial charge >= 0.3 is 0 Å². The molecule has 1 aromatic rings. The average molecular weight is 305 g/mol. The number of hydrogen-bond donors (Lipinski definition) is 2. The quantitative estimate of drug-likeness (QED) is 0.773. The van der Waals surface area contributed by atoms with Gasteiger partial charge in [-0.25, -0.2) is 4.98 Å². The summed E-state index contributed by atoms with van der Waals surface area (Å²) in [5, 5.41) is 2.93. The van der Waals surface area contributed by atoms with Gasteiger partial charge < -0.3 is 15.2 Å². The maximum atomic E-state index is 12.7. The van der Waals surface area contributed by atoms with Crippen LogP contribution in [0, 0.1) is 6.92 Å². The van der Waals surface area contributed by atoms with Gasteiger partial charge in [-0.3, -0.25) is 14.5 Å². The van der Waals surface area contributed by atoms with Crippen LogP contribution in [0.5, 0.6) is 0 Å². The topological polar surface area (TPSA) is 81.3 Å². The maximum absolute atomic E-state index is 12.7. The number of aromatic amines is 1. The van der Waals surface area contributed by atoms with Crippen LogP contribution in [0.25, 0.3) is 0 Å². The molecule has 0 saturated carbocycles. The number of H-pyrrole nitrogens is 1. The molecule has 2 aliphatic rings. The average Bonchev–Trinajstić information content (AvgIpc) is 2.84. The van der Waals surface area contributed by atoms with Gasteiger partial charge in [0.1, 0.15) is 5.69 Å². The van der Waals surface area contributed by atoms with Crippen molar-refractivity contribution < 1.29 is 9.59 Å². The van der Waals surface area contributed by atoms with E-state index >= 15 is 0 Å². The van der Waals surface area contributed by atoms with E-state index < -0.39 is 0 Å². The Hall–Kier alpha value is -1.89. The number of aryl methyl sites for hydroxylation is 1. The van der Waals surface area contributed by atoms with Crippen LogP contribution in [0.3, 0.4) is 0 Å². The predicted octanol–water partition coefficient (Wildman–Crippen LogP) is 0.145. The molecule has 1 aromatic heterocycles. The van der Waals surface area contributed by atoms with Crippen LogP contribution < -0.4 is 5.32 Å². The van der Waals surface area contributed by atoms with Gasteiger partial charge in [-0.2, -0.15) is 0 Å². The van der Waals surface area contributed by atoms with Gasteiger partial charge in [0.2, 0.25) is 5.91 Å². The molecule has 22 heavy (non-hydrogen) atoms. The molecule has 1 spiro atoms. The van der Waals surface area contributed by atoms with Gasteiger partial charge in [0.05, 0.1) is 6.33 Å². The molecule has 1 atom stereocenters. The number of nitrogens with zero attached hydrogens (tertiary/aromatic N) is 3. The minimum Gasteiger partial charge on any atom is -0.356 e. The Morgan fingerprint density at radius 1 is 1.36 bits per heavy atom. The second kappa shape index (κ2) is 5.72. The first-order valence-electron chi connectivity index (χ1n) is 7.79. The Kier molecular flexibility index (Phi) is 3.90. The van der Waals surface area contributed by atoms with Crippen LogP contribution in [-0.4, -0.2) is 70.3 Å². The lowest BCUT2D eigenvalue weighted by Crippen LogP contribution is -2.62. The van der Waals surface area contributed by atoms with Crippen molar-refractivity contribution in [3.8, 4) is 0 Å². The summed E-state index contributed by atoms with van der Waals surface area (Å²) < 4.78 is 0.